The monoisotopic (exact) mass is 364 g/mol. The second-order valence-corrected chi connectivity index (χ2v) is 7.14. The highest BCUT2D eigenvalue weighted by atomic mass is 16.2. The zero-order valence-corrected chi connectivity index (χ0v) is 16.0. The van der Waals surface area contributed by atoms with Gasteiger partial charge in [0.1, 0.15) is 0 Å². The van der Waals surface area contributed by atoms with Gasteiger partial charge in [0, 0.05) is 57.9 Å². The SMILES string of the molecule is Cc1cc(C(=O)N2CCN(Cc3ccncc3)CC2)c2c(C)nn(C)c2n1. The van der Waals surface area contributed by atoms with Gasteiger partial charge in [0.25, 0.3) is 5.91 Å². The number of fused-ring (bicyclic) bond motifs is 1. The van der Waals surface area contributed by atoms with E-state index >= 15 is 0 Å². The summed E-state index contributed by atoms with van der Waals surface area (Å²) >= 11 is 0. The number of piperazine rings is 1. The molecule has 0 radical (unpaired) electrons. The highest BCUT2D eigenvalue weighted by Crippen LogP contribution is 2.23. The van der Waals surface area contributed by atoms with E-state index in [-0.39, 0.29) is 5.91 Å². The number of nitrogens with zero attached hydrogens (tertiary/aromatic N) is 6. The van der Waals surface area contributed by atoms with Crippen LogP contribution in [0.25, 0.3) is 11.0 Å². The molecule has 0 aliphatic carbocycles. The Bertz CT molecular complexity index is 973. The van der Waals surface area contributed by atoms with Crippen molar-refractivity contribution in [2.75, 3.05) is 26.2 Å². The lowest BCUT2D eigenvalue weighted by Gasteiger charge is -2.35. The van der Waals surface area contributed by atoms with Crippen LogP contribution >= 0.6 is 0 Å². The maximum atomic E-state index is 13.2. The summed E-state index contributed by atoms with van der Waals surface area (Å²) in [4.78, 5) is 26.2. The molecule has 0 saturated carbocycles. The van der Waals surface area contributed by atoms with E-state index in [1.165, 1.54) is 5.56 Å². The molecule has 1 aliphatic rings. The first-order chi connectivity index (χ1) is 13.0. The van der Waals surface area contributed by atoms with E-state index in [9.17, 15) is 4.79 Å². The zero-order chi connectivity index (χ0) is 19.0. The van der Waals surface area contributed by atoms with Gasteiger partial charge in [-0.05, 0) is 37.6 Å². The average molecular weight is 364 g/mol. The van der Waals surface area contributed by atoms with Crippen LogP contribution < -0.4 is 0 Å². The minimum atomic E-state index is 0.0742. The van der Waals surface area contributed by atoms with Crippen LogP contribution in [0.15, 0.2) is 30.6 Å². The van der Waals surface area contributed by atoms with Crippen LogP contribution in [0, 0.1) is 13.8 Å². The van der Waals surface area contributed by atoms with Gasteiger partial charge in [-0.25, -0.2) is 4.98 Å². The summed E-state index contributed by atoms with van der Waals surface area (Å²) in [6, 6.07) is 5.97. The fourth-order valence-corrected chi connectivity index (χ4v) is 3.76. The van der Waals surface area contributed by atoms with E-state index in [0.29, 0.717) is 5.56 Å². The Morgan fingerprint density at radius 1 is 1.11 bits per heavy atom. The molecule has 0 unspecified atom stereocenters. The topological polar surface area (TPSA) is 67.2 Å². The molecule has 7 heteroatoms. The standard InChI is InChI=1S/C20H24N6O/c1-14-12-17(18-15(2)23-24(3)19(18)22-14)20(27)26-10-8-25(9-11-26)13-16-4-6-21-7-5-16/h4-7,12H,8-11,13H2,1-3H3. The average Bonchev–Trinajstić information content (AvgIpc) is 2.96. The van der Waals surface area contributed by atoms with Gasteiger partial charge < -0.3 is 4.90 Å². The van der Waals surface area contributed by atoms with Crippen molar-refractivity contribution in [1.29, 1.82) is 0 Å². The van der Waals surface area contributed by atoms with Crippen molar-refractivity contribution in [3.8, 4) is 0 Å². The third-order valence-corrected chi connectivity index (χ3v) is 5.14. The second-order valence-electron chi connectivity index (χ2n) is 7.14. The predicted molar refractivity (Wildman–Crippen MR) is 103 cm³/mol. The Morgan fingerprint density at radius 2 is 1.81 bits per heavy atom. The fourth-order valence-electron chi connectivity index (χ4n) is 3.76. The molecule has 0 bridgehead atoms. The quantitative estimate of drug-likeness (QED) is 0.710. The van der Waals surface area contributed by atoms with E-state index in [1.54, 1.807) is 4.68 Å². The lowest BCUT2D eigenvalue weighted by molar-refractivity contribution is 0.0630. The first-order valence-electron chi connectivity index (χ1n) is 9.24. The smallest absolute Gasteiger partial charge is 0.254 e. The number of carbonyl (C=O) groups is 1. The lowest BCUT2D eigenvalue weighted by atomic mass is 10.1. The molecule has 0 spiro atoms. The van der Waals surface area contributed by atoms with Crippen molar-refractivity contribution in [3.05, 3.63) is 53.1 Å². The fraction of sp³-hybridized carbons (Fsp3) is 0.400. The molecule has 3 aromatic heterocycles. The number of hydrogen-bond acceptors (Lipinski definition) is 5. The van der Waals surface area contributed by atoms with Gasteiger partial charge in [-0.15, -0.1) is 0 Å². The summed E-state index contributed by atoms with van der Waals surface area (Å²) in [7, 11) is 1.87. The van der Waals surface area contributed by atoms with Crippen molar-refractivity contribution in [3.63, 3.8) is 0 Å². The molecule has 1 amide bonds. The largest absolute Gasteiger partial charge is 0.336 e. The molecule has 4 rings (SSSR count). The van der Waals surface area contributed by atoms with Gasteiger partial charge in [0.15, 0.2) is 5.65 Å². The van der Waals surface area contributed by atoms with Crippen LogP contribution in [0.1, 0.15) is 27.3 Å². The molecule has 1 fully saturated rings. The minimum absolute atomic E-state index is 0.0742. The summed E-state index contributed by atoms with van der Waals surface area (Å²) in [5, 5.41) is 5.32. The molecule has 1 saturated heterocycles. The van der Waals surface area contributed by atoms with Crippen LogP contribution in [-0.2, 0) is 13.6 Å². The Kier molecular flexibility index (Phi) is 4.61. The predicted octanol–water partition coefficient (Wildman–Crippen LogP) is 1.94. The molecule has 27 heavy (non-hydrogen) atoms. The first kappa shape index (κ1) is 17.6. The molecule has 0 atom stereocenters. The number of aryl methyl sites for hydroxylation is 3. The van der Waals surface area contributed by atoms with Crippen molar-refractivity contribution in [2.45, 2.75) is 20.4 Å². The van der Waals surface area contributed by atoms with Gasteiger partial charge in [0.05, 0.1) is 16.6 Å². The zero-order valence-electron chi connectivity index (χ0n) is 16.0. The van der Waals surface area contributed by atoms with Gasteiger partial charge in [-0.1, -0.05) is 0 Å². The number of amides is 1. The molecule has 3 aromatic rings. The number of hydrogen-bond donors (Lipinski definition) is 0. The molecule has 7 nitrogen and oxygen atoms in total. The van der Waals surface area contributed by atoms with Crippen LogP contribution in [0.3, 0.4) is 0 Å². The van der Waals surface area contributed by atoms with Crippen LogP contribution in [0.4, 0.5) is 0 Å². The lowest BCUT2D eigenvalue weighted by Crippen LogP contribution is -2.48. The summed E-state index contributed by atoms with van der Waals surface area (Å²) < 4.78 is 1.75. The number of aromatic nitrogens is 4. The van der Waals surface area contributed by atoms with E-state index in [2.05, 4.69) is 20.0 Å². The highest BCUT2D eigenvalue weighted by molar-refractivity contribution is 6.06. The number of carbonyl (C=O) groups excluding carboxylic acids is 1. The van der Waals surface area contributed by atoms with E-state index in [1.807, 2.05) is 56.4 Å². The minimum Gasteiger partial charge on any atom is -0.336 e. The molecule has 140 valence electrons. The van der Waals surface area contributed by atoms with Gasteiger partial charge >= 0.3 is 0 Å². The summed E-state index contributed by atoms with van der Waals surface area (Å²) in [5.74, 6) is 0.0742. The normalized spacial score (nSPS) is 15.4. The Labute approximate surface area is 158 Å². The molecule has 0 aromatic carbocycles. The van der Waals surface area contributed by atoms with Crippen molar-refractivity contribution in [1.82, 2.24) is 29.5 Å². The van der Waals surface area contributed by atoms with Crippen LogP contribution in [0.2, 0.25) is 0 Å². The second kappa shape index (κ2) is 7.08. The van der Waals surface area contributed by atoms with E-state index < -0.39 is 0 Å². The van der Waals surface area contributed by atoms with Crippen LogP contribution in [0.5, 0.6) is 0 Å². The molecule has 4 heterocycles. The first-order valence-corrected chi connectivity index (χ1v) is 9.24. The summed E-state index contributed by atoms with van der Waals surface area (Å²) in [6.45, 7) is 7.94. The Hall–Kier alpha value is -2.80. The van der Waals surface area contributed by atoms with E-state index in [0.717, 1.165) is 55.1 Å². The molecule has 0 N–H and O–H groups in total. The van der Waals surface area contributed by atoms with Gasteiger partial charge in [0.2, 0.25) is 0 Å². The number of pyridine rings is 2. The number of rotatable bonds is 3. The Balaban J connectivity index is 1.51. The maximum absolute atomic E-state index is 13.2. The molecule has 1 aliphatic heterocycles. The molecular formula is C20H24N6O. The van der Waals surface area contributed by atoms with Crippen LogP contribution in [-0.4, -0.2) is 61.6 Å². The maximum Gasteiger partial charge on any atom is 0.254 e. The van der Waals surface area contributed by atoms with Crippen molar-refractivity contribution < 1.29 is 4.79 Å². The highest BCUT2D eigenvalue weighted by Gasteiger charge is 2.25. The third-order valence-electron chi connectivity index (χ3n) is 5.14. The third kappa shape index (κ3) is 3.42. The Morgan fingerprint density at radius 3 is 2.52 bits per heavy atom. The van der Waals surface area contributed by atoms with Gasteiger partial charge in [-0.3, -0.25) is 19.4 Å². The van der Waals surface area contributed by atoms with Gasteiger partial charge in [-0.2, -0.15) is 5.10 Å². The van der Waals surface area contributed by atoms with E-state index in [4.69, 9.17) is 0 Å². The van der Waals surface area contributed by atoms with Crippen molar-refractivity contribution >= 4 is 16.9 Å². The summed E-state index contributed by atoms with van der Waals surface area (Å²) in [5.41, 5.74) is 4.42. The summed E-state index contributed by atoms with van der Waals surface area (Å²) in [6.07, 6.45) is 3.64. The van der Waals surface area contributed by atoms with Crippen molar-refractivity contribution in [2.24, 2.45) is 7.05 Å². The molecular weight excluding hydrogens is 340 g/mol.